The number of fused-ring (bicyclic) bond motifs is 2. The summed E-state index contributed by atoms with van der Waals surface area (Å²) in [5, 5.41) is 3.31. The van der Waals surface area contributed by atoms with Gasteiger partial charge in [0.25, 0.3) is 0 Å². The zero-order valence-electron chi connectivity index (χ0n) is 19.3. The van der Waals surface area contributed by atoms with E-state index < -0.39 is 11.9 Å². The molecule has 1 atom stereocenters. The van der Waals surface area contributed by atoms with E-state index in [2.05, 4.69) is 66.4 Å². The molecule has 1 N–H and O–H groups in total. The van der Waals surface area contributed by atoms with Crippen molar-refractivity contribution in [2.75, 3.05) is 7.11 Å². The Morgan fingerprint density at radius 2 is 1.75 bits per heavy atom. The molecule has 3 aromatic rings. The monoisotopic (exact) mass is 767 g/mol. The number of carbonyl (C=O) groups excluding carboxylic acids is 2. The zero-order valence-corrected chi connectivity index (χ0v) is 25.2. The highest BCUT2D eigenvalue weighted by Gasteiger charge is 2.43. The average molecular weight is 768 g/mol. The van der Waals surface area contributed by atoms with Crippen LogP contribution in [0.2, 0.25) is 0 Å². The molecule has 0 saturated carbocycles. The van der Waals surface area contributed by atoms with E-state index in [1.165, 1.54) is 10.7 Å². The number of nitrogens with one attached hydrogen (secondary N) is 1. The number of allylic oxidation sites excluding steroid dienone is 2. The molecule has 0 saturated heterocycles. The number of hydrogen-bond acceptors (Lipinski definition) is 5. The molecule has 0 radical (unpaired) electrons. The van der Waals surface area contributed by atoms with Crippen molar-refractivity contribution in [1.29, 1.82) is 0 Å². The topological polar surface area (TPSA) is 64.6 Å². The largest absolute Gasteiger partial charge is 0.487 e. The molecule has 0 unspecified atom stereocenters. The Labute approximate surface area is 244 Å². The lowest BCUT2D eigenvalue weighted by Gasteiger charge is -2.29. The van der Waals surface area contributed by atoms with Gasteiger partial charge in [0.1, 0.15) is 12.4 Å². The van der Waals surface area contributed by atoms with Crippen molar-refractivity contribution in [3.05, 3.63) is 111 Å². The fourth-order valence-electron chi connectivity index (χ4n) is 4.66. The number of esters is 1. The lowest BCUT2D eigenvalue weighted by molar-refractivity contribution is -0.136. The Hall–Kier alpha value is -2.18. The average Bonchev–Trinajstić information content (AvgIpc) is 3.14. The predicted molar refractivity (Wildman–Crippen MR) is 159 cm³/mol. The van der Waals surface area contributed by atoms with Crippen molar-refractivity contribution >= 4 is 78.6 Å². The van der Waals surface area contributed by atoms with Gasteiger partial charge in [-0.2, -0.15) is 0 Å². The van der Waals surface area contributed by atoms with Gasteiger partial charge in [0.15, 0.2) is 5.78 Å². The smallest absolute Gasteiger partial charge is 0.336 e. The fourth-order valence-corrected chi connectivity index (χ4v) is 6.79. The van der Waals surface area contributed by atoms with Crippen LogP contribution in [0.15, 0.2) is 82.0 Å². The van der Waals surface area contributed by atoms with Crippen molar-refractivity contribution in [3.8, 4) is 5.75 Å². The molecule has 5 rings (SSSR count). The van der Waals surface area contributed by atoms with Crippen molar-refractivity contribution in [2.24, 2.45) is 0 Å². The molecule has 0 amide bonds. The van der Waals surface area contributed by atoms with Crippen LogP contribution in [0.4, 0.5) is 0 Å². The van der Waals surface area contributed by atoms with Gasteiger partial charge in [-0.15, -0.1) is 0 Å². The van der Waals surface area contributed by atoms with Crippen LogP contribution >= 0.6 is 61.1 Å². The standard InChI is InChI=1S/C28H20BrI2NO4/c1-14-22(28(34)35-2)23(24-25(32-14)18-5-3-4-6-19(18)26(24)33)16-11-20(29)27(21(31)12-16)36-13-15-7-9-17(30)10-8-15/h3-12,23,32H,13H2,1-2H3/t23-/m1/s1. The molecule has 1 heterocycles. The van der Waals surface area contributed by atoms with Crippen LogP contribution < -0.4 is 10.1 Å². The Balaban J connectivity index is 1.57. The van der Waals surface area contributed by atoms with Gasteiger partial charge in [0.2, 0.25) is 0 Å². The van der Waals surface area contributed by atoms with Crippen molar-refractivity contribution in [2.45, 2.75) is 19.4 Å². The molecule has 0 fully saturated rings. The summed E-state index contributed by atoms with van der Waals surface area (Å²) in [7, 11) is 1.36. The summed E-state index contributed by atoms with van der Waals surface area (Å²) in [6.45, 7) is 2.26. The summed E-state index contributed by atoms with van der Waals surface area (Å²) in [6, 6.07) is 19.6. The van der Waals surface area contributed by atoms with Crippen LogP contribution in [0, 0.1) is 7.14 Å². The predicted octanol–water partition coefficient (Wildman–Crippen LogP) is 6.98. The van der Waals surface area contributed by atoms with Crippen molar-refractivity contribution < 1.29 is 19.1 Å². The maximum atomic E-state index is 13.6. The number of ether oxygens (including phenoxy) is 2. The molecule has 3 aromatic carbocycles. The molecular formula is C28H20BrI2NO4. The summed E-state index contributed by atoms with van der Waals surface area (Å²) in [6.07, 6.45) is 0. The number of benzene rings is 3. The Morgan fingerprint density at radius 1 is 1.06 bits per heavy atom. The van der Waals surface area contributed by atoms with Gasteiger partial charge < -0.3 is 14.8 Å². The Bertz CT molecular complexity index is 1450. The van der Waals surface area contributed by atoms with E-state index in [9.17, 15) is 9.59 Å². The van der Waals surface area contributed by atoms with E-state index in [1.54, 1.807) is 0 Å². The fraction of sp³-hybridized carbons (Fsp3) is 0.143. The molecule has 5 nitrogen and oxygen atoms in total. The van der Waals surface area contributed by atoms with Gasteiger partial charge in [0, 0.05) is 31.9 Å². The number of methoxy groups -OCH3 is 1. The number of Topliss-reactive ketones (excluding diaryl/α,β-unsaturated/α-hetero) is 1. The zero-order chi connectivity index (χ0) is 25.6. The summed E-state index contributed by atoms with van der Waals surface area (Å²) in [5.74, 6) is -0.423. The van der Waals surface area contributed by atoms with E-state index >= 15 is 0 Å². The molecule has 2 aliphatic rings. The molecule has 1 aliphatic heterocycles. The highest BCUT2D eigenvalue weighted by atomic mass is 127. The maximum absolute atomic E-state index is 13.6. The Kier molecular flexibility index (Phi) is 7.28. The van der Waals surface area contributed by atoms with Gasteiger partial charge in [-0.05, 0) is 103 Å². The first-order chi connectivity index (χ1) is 17.3. The van der Waals surface area contributed by atoms with Crippen LogP contribution in [0.5, 0.6) is 5.75 Å². The van der Waals surface area contributed by atoms with Crippen molar-refractivity contribution in [1.82, 2.24) is 5.32 Å². The third-order valence-corrected chi connectivity index (χ3v) is 8.41. The number of halogens is 3. The van der Waals surface area contributed by atoms with Gasteiger partial charge >= 0.3 is 5.97 Å². The third kappa shape index (κ3) is 4.51. The number of hydrogen-bond donors (Lipinski definition) is 1. The van der Waals surface area contributed by atoms with E-state index in [0.717, 1.165) is 30.4 Å². The molecule has 0 bridgehead atoms. The highest BCUT2D eigenvalue weighted by molar-refractivity contribution is 14.1. The first kappa shape index (κ1) is 25.5. The lowest BCUT2D eigenvalue weighted by atomic mass is 9.80. The molecule has 0 spiro atoms. The number of dihydropyridines is 1. The Morgan fingerprint density at radius 3 is 2.42 bits per heavy atom. The molecule has 1 aliphatic carbocycles. The van der Waals surface area contributed by atoms with E-state index in [4.69, 9.17) is 9.47 Å². The molecule has 36 heavy (non-hydrogen) atoms. The highest BCUT2D eigenvalue weighted by Crippen LogP contribution is 2.48. The molecular weight excluding hydrogens is 748 g/mol. The molecule has 182 valence electrons. The van der Waals surface area contributed by atoms with Crippen LogP contribution in [0.3, 0.4) is 0 Å². The normalized spacial score (nSPS) is 16.5. The van der Waals surface area contributed by atoms with Gasteiger partial charge in [-0.3, -0.25) is 4.79 Å². The van der Waals surface area contributed by atoms with E-state index in [0.29, 0.717) is 34.8 Å². The minimum Gasteiger partial charge on any atom is -0.487 e. The second kappa shape index (κ2) is 10.3. The third-order valence-electron chi connectivity index (χ3n) is 6.30. The number of ketones is 1. The van der Waals surface area contributed by atoms with Gasteiger partial charge in [-0.1, -0.05) is 36.4 Å². The minimum atomic E-state index is -0.580. The van der Waals surface area contributed by atoms with Gasteiger partial charge in [-0.25, -0.2) is 4.79 Å². The minimum absolute atomic E-state index is 0.0860. The lowest BCUT2D eigenvalue weighted by Crippen LogP contribution is -2.29. The van der Waals surface area contributed by atoms with Crippen LogP contribution in [-0.4, -0.2) is 18.9 Å². The molecule has 8 heteroatoms. The van der Waals surface area contributed by atoms with Crippen LogP contribution in [-0.2, 0) is 16.1 Å². The van der Waals surface area contributed by atoms with Crippen LogP contribution in [0.1, 0.15) is 39.9 Å². The number of carbonyl (C=O) groups is 2. The first-order valence-electron chi connectivity index (χ1n) is 11.1. The first-order valence-corrected chi connectivity index (χ1v) is 14.1. The summed E-state index contributed by atoms with van der Waals surface area (Å²) in [4.78, 5) is 26.5. The van der Waals surface area contributed by atoms with E-state index in [-0.39, 0.29) is 5.78 Å². The van der Waals surface area contributed by atoms with Gasteiger partial charge in [0.05, 0.1) is 26.4 Å². The number of rotatable bonds is 5. The van der Waals surface area contributed by atoms with E-state index in [1.807, 2.05) is 67.6 Å². The second-order valence-corrected chi connectivity index (χ2v) is 11.7. The quantitative estimate of drug-likeness (QED) is 0.225. The molecule has 0 aromatic heterocycles. The summed E-state index contributed by atoms with van der Waals surface area (Å²) < 4.78 is 14.1. The summed E-state index contributed by atoms with van der Waals surface area (Å²) in [5.41, 5.74) is 5.74. The maximum Gasteiger partial charge on any atom is 0.336 e. The summed E-state index contributed by atoms with van der Waals surface area (Å²) >= 11 is 8.19. The SMILES string of the molecule is COC(=O)C1=C(C)NC2=C(C(=O)c3ccccc32)[C@@H]1c1cc(Br)c(OCc2ccc(I)cc2)c(I)c1. The van der Waals surface area contributed by atoms with Crippen LogP contribution in [0.25, 0.3) is 5.70 Å². The van der Waals surface area contributed by atoms with Crippen molar-refractivity contribution in [3.63, 3.8) is 0 Å². The second-order valence-electron chi connectivity index (χ2n) is 8.48.